The molecule has 0 fully saturated rings. The molecule has 2 aromatic carbocycles. The van der Waals surface area contributed by atoms with Crippen molar-refractivity contribution in [3.05, 3.63) is 88.5 Å². The first kappa shape index (κ1) is 14.8. The maximum absolute atomic E-state index is 13.3. The van der Waals surface area contributed by atoms with Crippen LogP contribution in [-0.2, 0) is 10.2 Å². The number of thiophene rings is 1. The van der Waals surface area contributed by atoms with E-state index >= 15 is 0 Å². The summed E-state index contributed by atoms with van der Waals surface area (Å²) in [4.78, 5) is 14.2. The van der Waals surface area contributed by atoms with Gasteiger partial charge in [0.15, 0.2) is 0 Å². The van der Waals surface area contributed by atoms with Gasteiger partial charge in [-0.15, -0.1) is 11.3 Å². The Bertz CT molecular complexity index is 1200. The number of para-hydroxylation sites is 2. The molecule has 27 heavy (non-hydrogen) atoms. The first-order valence-electron chi connectivity index (χ1n) is 8.64. The highest BCUT2D eigenvalue weighted by Crippen LogP contribution is 2.52. The standard InChI is InChI=1S/C22H13NO3S/c24-21-22(20-15(23-21)9-10-27-20,18-11-13-5-1-3-7-16(13)25-18)19-12-14-6-2-4-8-17(14)26-19/h1-12H,(H,23,24). The number of nitrogens with one attached hydrogen (secondary N) is 1. The minimum atomic E-state index is -1.12. The number of carbonyl (C=O) groups excluding carboxylic acids is 1. The summed E-state index contributed by atoms with van der Waals surface area (Å²) >= 11 is 1.53. The minimum Gasteiger partial charge on any atom is -0.459 e. The number of furan rings is 2. The average molecular weight is 371 g/mol. The number of fused-ring (bicyclic) bond motifs is 3. The molecule has 0 spiro atoms. The lowest BCUT2D eigenvalue weighted by Crippen LogP contribution is -2.35. The zero-order chi connectivity index (χ0) is 18.0. The van der Waals surface area contributed by atoms with Crippen molar-refractivity contribution in [1.82, 2.24) is 0 Å². The van der Waals surface area contributed by atoms with Crippen LogP contribution < -0.4 is 5.32 Å². The Hall–Kier alpha value is -3.31. The zero-order valence-corrected chi connectivity index (χ0v) is 14.9. The van der Waals surface area contributed by atoms with Crippen molar-refractivity contribution < 1.29 is 13.6 Å². The summed E-state index contributed by atoms with van der Waals surface area (Å²) in [5, 5.41) is 6.90. The molecule has 1 aliphatic rings. The molecule has 5 aromatic rings. The lowest BCUT2D eigenvalue weighted by Gasteiger charge is -2.21. The number of amides is 1. The fourth-order valence-corrected chi connectivity index (χ4v) is 4.98. The molecule has 4 heterocycles. The van der Waals surface area contributed by atoms with Crippen molar-refractivity contribution >= 4 is 44.9 Å². The van der Waals surface area contributed by atoms with E-state index < -0.39 is 5.41 Å². The van der Waals surface area contributed by atoms with Gasteiger partial charge in [-0.2, -0.15) is 0 Å². The number of benzene rings is 2. The Morgan fingerprint density at radius 1 is 0.815 bits per heavy atom. The SMILES string of the molecule is O=C1Nc2ccsc2C1(c1cc2ccccc2o1)c1cc2ccccc2o1. The molecule has 0 atom stereocenters. The largest absolute Gasteiger partial charge is 0.459 e. The predicted molar refractivity (Wildman–Crippen MR) is 105 cm³/mol. The third kappa shape index (κ3) is 1.84. The van der Waals surface area contributed by atoms with Crippen LogP contribution in [-0.4, -0.2) is 5.91 Å². The molecule has 4 nitrogen and oxygen atoms in total. The summed E-state index contributed by atoms with van der Waals surface area (Å²) in [6.07, 6.45) is 0. The van der Waals surface area contributed by atoms with Crippen LogP contribution >= 0.6 is 11.3 Å². The fraction of sp³-hybridized carbons (Fsp3) is 0.0455. The first-order valence-corrected chi connectivity index (χ1v) is 9.52. The first-order chi connectivity index (χ1) is 13.3. The number of anilines is 1. The van der Waals surface area contributed by atoms with Crippen molar-refractivity contribution in [2.75, 3.05) is 5.32 Å². The molecule has 0 aliphatic carbocycles. The van der Waals surface area contributed by atoms with E-state index in [1.54, 1.807) is 0 Å². The van der Waals surface area contributed by atoms with Gasteiger partial charge in [0, 0.05) is 10.8 Å². The van der Waals surface area contributed by atoms with Gasteiger partial charge in [-0.05, 0) is 35.7 Å². The van der Waals surface area contributed by atoms with E-state index in [2.05, 4.69) is 5.32 Å². The van der Waals surface area contributed by atoms with E-state index in [-0.39, 0.29) is 5.91 Å². The number of hydrogen-bond donors (Lipinski definition) is 1. The summed E-state index contributed by atoms with van der Waals surface area (Å²) in [6.45, 7) is 0. The van der Waals surface area contributed by atoms with Crippen LogP contribution in [0.2, 0.25) is 0 Å². The van der Waals surface area contributed by atoms with Gasteiger partial charge in [-0.25, -0.2) is 0 Å². The van der Waals surface area contributed by atoms with Gasteiger partial charge in [0.25, 0.3) is 5.91 Å². The molecule has 0 radical (unpaired) electrons. The highest BCUT2D eigenvalue weighted by Gasteiger charge is 2.56. The molecule has 0 bridgehead atoms. The Balaban J connectivity index is 1.72. The van der Waals surface area contributed by atoms with Crippen molar-refractivity contribution in [3.63, 3.8) is 0 Å². The van der Waals surface area contributed by atoms with Crippen LogP contribution in [0, 0.1) is 0 Å². The van der Waals surface area contributed by atoms with E-state index in [4.69, 9.17) is 8.83 Å². The Morgan fingerprint density at radius 3 is 2.00 bits per heavy atom. The maximum atomic E-state index is 13.3. The molecule has 5 heteroatoms. The highest BCUT2D eigenvalue weighted by molar-refractivity contribution is 7.11. The van der Waals surface area contributed by atoms with Crippen molar-refractivity contribution in [3.8, 4) is 0 Å². The molecule has 1 aliphatic heterocycles. The van der Waals surface area contributed by atoms with Crippen molar-refractivity contribution in [2.45, 2.75) is 5.41 Å². The molecule has 0 unspecified atom stereocenters. The normalized spacial score (nSPS) is 15.3. The maximum Gasteiger partial charge on any atom is 0.251 e. The Morgan fingerprint density at radius 2 is 1.41 bits per heavy atom. The number of hydrogen-bond acceptors (Lipinski definition) is 4. The zero-order valence-electron chi connectivity index (χ0n) is 14.1. The second-order valence-electron chi connectivity index (χ2n) is 6.66. The van der Waals surface area contributed by atoms with Gasteiger partial charge in [-0.1, -0.05) is 36.4 Å². The van der Waals surface area contributed by atoms with E-state index in [9.17, 15) is 4.79 Å². The van der Waals surface area contributed by atoms with Gasteiger partial charge >= 0.3 is 0 Å². The number of carbonyl (C=O) groups is 1. The summed E-state index contributed by atoms with van der Waals surface area (Å²) in [6, 6.07) is 21.4. The quantitative estimate of drug-likeness (QED) is 0.444. The molecule has 3 aromatic heterocycles. The van der Waals surface area contributed by atoms with E-state index in [1.165, 1.54) is 11.3 Å². The van der Waals surface area contributed by atoms with Gasteiger partial charge < -0.3 is 14.2 Å². The molecule has 0 saturated heterocycles. The summed E-state index contributed by atoms with van der Waals surface area (Å²) in [7, 11) is 0. The monoisotopic (exact) mass is 371 g/mol. The van der Waals surface area contributed by atoms with Crippen LogP contribution in [0.1, 0.15) is 16.4 Å². The summed E-state index contributed by atoms with van der Waals surface area (Å²) < 4.78 is 12.4. The predicted octanol–water partition coefficient (Wildman–Crippen LogP) is 5.53. The smallest absolute Gasteiger partial charge is 0.251 e. The third-order valence-corrected chi connectivity index (χ3v) is 6.22. The minimum absolute atomic E-state index is 0.150. The Labute approximate surface area is 158 Å². The van der Waals surface area contributed by atoms with E-state index in [0.717, 1.165) is 32.5 Å². The average Bonchev–Trinajstić information content (AvgIpc) is 3.43. The molecular weight excluding hydrogens is 358 g/mol. The van der Waals surface area contributed by atoms with E-state index in [0.29, 0.717) is 11.5 Å². The molecular formula is C22H13NO3S. The lowest BCUT2D eigenvalue weighted by atomic mass is 9.81. The topological polar surface area (TPSA) is 55.4 Å². The van der Waals surface area contributed by atoms with E-state index in [1.807, 2.05) is 72.1 Å². The second-order valence-corrected chi connectivity index (χ2v) is 7.58. The van der Waals surface area contributed by atoms with Crippen LogP contribution in [0.25, 0.3) is 21.9 Å². The van der Waals surface area contributed by atoms with Gasteiger partial charge in [0.1, 0.15) is 22.7 Å². The summed E-state index contributed by atoms with van der Waals surface area (Å²) in [5.74, 6) is 0.991. The molecule has 1 amide bonds. The highest BCUT2D eigenvalue weighted by atomic mass is 32.1. The second kappa shape index (κ2) is 5.11. The van der Waals surface area contributed by atoms with Crippen LogP contribution in [0.5, 0.6) is 0 Å². The van der Waals surface area contributed by atoms with Crippen LogP contribution in [0.3, 0.4) is 0 Å². The van der Waals surface area contributed by atoms with Gasteiger partial charge in [-0.3, -0.25) is 4.79 Å². The van der Waals surface area contributed by atoms with Crippen molar-refractivity contribution in [1.29, 1.82) is 0 Å². The molecule has 130 valence electrons. The molecule has 0 saturated carbocycles. The van der Waals surface area contributed by atoms with Crippen molar-refractivity contribution in [2.24, 2.45) is 0 Å². The summed E-state index contributed by atoms with van der Waals surface area (Å²) in [5.41, 5.74) is 1.19. The Kier molecular flexibility index (Phi) is 2.81. The third-order valence-electron chi connectivity index (χ3n) is 5.18. The van der Waals surface area contributed by atoms with Crippen LogP contribution in [0.4, 0.5) is 5.69 Å². The number of rotatable bonds is 2. The van der Waals surface area contributed by atoms with Crippen LogP contribution in [0.15, 0.2) is 80.9 Å². The van der Waals surface area contributed by atoms with Gasteiger partial charge in [0.2, 0.25) is 5.41 Å². The fourth-order valence-electron chi connectivity index (χ4n) is 3.92. The molecule has 1 N–H and O–H groups in total. The van der Waals surface area contributed by atoms with Gasteiger partial charge in [0.05, 0.1) is 10.6 Å². The molecule has 6 rings (SSSR count). The lowest BCUT2D eigenvalue weighted by molar-refractivity contribution is -0.119.